The molecule has 0 radical (unpaired) electrons. The van der Waals surface area contributed by atoms with E-state index >= 15 is 0 Å². The smallest absolute Gasteiger partial charge is 0.0598 e. The quantitative estimate of drug-likeness (QED) is 0.667. The molecule has 21 heavy (non-hydrogen) atoms. The molecule has 1 aromatic rings. The van der Waals surface area contributed by atoms with Gasteiger partial charge in [0.2, 0.25) is 0 Å². The highest BCUT2D eigenvalue weighted by Gasteiger charge is 2.14. The molecule has 0 amide bonds. The second-order valence-corrected chi connectivity index (χ2v) is 7.09. The zero-order chi connectivity index (χ0) is 15.7. The first-order valence-corrected chi connectivity index (χ1v) is 8.37. The molecule has 3 heteroatoms. The van der Waals surface area contributed by atoms with Crippen molar-refractivity contribution in [2.45, 2.75) is 52.6 Å². The van der Waals surface area contributed by atoms with Gasteiger partial charge < -0.3 is 10.1 Å². The molecule has 0 saturated heterocycles. The van der Waals surface area contributed by atoms with Crippen LogP contribution in [0.1, 0.15) is 46.1 Å². The monoisotopic (exact) mass is 311 g/mol. The van der Waals surface area contributed by atoms with E-state index in [0.29, 0.717) is 5.92 Å². The van der Waals surface area contributed by atoms with Gasteiger partial charge in [-0.25, -0.2) is 0 Å². The lowest BCUT2D eigenvalue weighted by Gasteiger charge is -2.23. The molecule has 0 spiro atoms. The van der Waals surface area contributed by atoms with E-state index in [1.54, 1.807) is 0 Å². The third-order valence-electron chi connectivity index (χ3n) is 3.36. The van der Waals surface area contributed by atoms with Crippen LogP contribution in [-0.2, 0) is 11.2 Å². The van der Waals surface area contributed by atoms with Gasteiger partial charge >= 0.3 is 0 Å². The second-order valence-electron chi connectivity index (χ2n) is 6.65. The molecule has 1 atom stereocenters. The van der Waals surface area contributed by atoms with Crippen molar-refractivity contribution < 1.29 is 4.74 Å². The van der Waals surface area contributed by atoms with Gasteiger partial charge in [0.1, 0.15) is 0 Å². The Labute approximate surface area is 135 Å². The Morgan fingerprint density at radius 1 is 1.19 bits per heavy atom. The Morgan fingerprint density at radius 3 is 2.43 bits per heavy atom. The largest absolute Gasteiger partial charge is 0.376 e. The minimum absolute atomic E-state index is 0.0539. The van der Waals surface area contributed by atoms with Crippen LogP contribution in [0.2, 0.25) is 5.02 Å². The third-order valence-corrected chi connectivity index (χ3v) is 3.61. The van der Waals surface area contributed by atoms with Crippen LogP contribution in [0.4, 0.5) is 0 Å². The molecule has 0 saturated carbocycles. The number of benzene rings is 1. The van der Waals surface area contributed by atoms with E-state index in [1.807, 2.05) is 12.1 Å². The molecular weight excluding hydrogens is 282 g/mol. The van der Waals surface area contributed by atoms with E-state index in [4.69, 9.17) is 16.3 Å². The van der Waals surface area contributed by atoms with E-state index in [2.05, 4.69) is 45.1 Å². The number of nitrogens with one attached hydrogen (secondary N) is 1. The average molecular weight is 312 g/mol. The molecule has 0 aliphatic carbocycles. The van der Waals surface area contributed by atoms with Gasteiger partial charge in [0.05, 0.1) is 5.60 Å². The number of rotatable bonds is 9. The normalized spacial score (nSPS) is 13.4. The zero-order valence-electron chi connectivity index (χ0n) is 13.9. The summed E-state index contributed by atoms with van der Waals surface area (Å²) < 4.78 is 5.87. The van der Waals surface area contributed by atoms with Gasteiger partial charge in [-0.3, -0.25) is 0 Å². The fraction of sp³-hybridized carbons (Fsp3) is 0.667. The Bertz CT molecular complexity index is 383. The van der Waals surface area contributed by atoms with Crippen LogP contribution in [0, 0.1) is 5.92 Å². The Hall–Kier alpha value is -0.570. The summed E-state index contributed by atoms with van der Waals surface area (Å²) in [5.74, 6) is 0.597. The highest BCUT2D eigenvalue weighted by Crippen LogP contribution is 2.17. The molecule has 0 aliphatic heterocycles. The van der Waals surface area contributed by atoms with Gasteiger partial charge in [-0.2, -0.15) is 0 Å². The fourth-order valence-electron chi connectivity index (χ4n) is 2.24. The SMILES string of the molecule is CCCNCC(CCOC(C)(C)C)Cc1ccc(Cl)cc1. The lowest BCUT2D eigenvalue weighted by Crippen LogP contribution is -2.27. The summed E-state index contributed by atoms with van der Waals surface area (Å²) in [5.41, 5.74) is 1.29. The summed E-state index contributed by atoms with van der Waals surface area (Å²) in [5, 5.41) is 4.33. The second kappa shape index (κ2) is 9.45. The number of hydrogen-bond acceptors (Lipinski definition) is 2. The molecule has 0 fully saturated rings. The van der Waals surface area contributed by atoms with Crippen LogP contribution in [0.5, 0.6) is 0 Å². The van der Waals surface area contributed by atoms with Crippen LogP contribution >= 0.6 is 11.6 Å². The van der Waals surface area contributed by atoms with Crippen molar-refractivity contribution in [3.63, 3.8) is 0 Å². The van der Waals surface area contributed by atoms with Crippen molar-refractivity contribution in [2.24, 2.45) is 5.92 Å². The van der Waals surface area contributed by atoms with Crippen LogP contribution in [0.25, 0.3) is 0 Å². The molecule has 0 heterocycles. The number of hydrogen-bond donors (Lipinski definition) is 1. The Balaban J connectivity index is 2.48. The fourth-order valence-corrected chi connectivity index (χ4v) is 2.37. The average Bonchev–Trinajstić information content (AvgIpc) is 2.40. The maximum absolute atomic E-state index is 5.95. The van der Waals surface area contributed by atoms with Gasteiger partial charge in [0.15, 0.2) is 0 Å². The molecule has 0 bridgehead atoms. The standard InChI is InChI=1S/C18H30ClNO/c1-5-11-20-14-16(10-12-21-18(2,3)4)13-15-6-8-17(19)9-7-15/h6-9,16,20H,5,10-14H2,1-4H3. The van der Waals surface area contributed by atoms with Crippen molar-refractivity contribution >= 4 is 11.6 Å². The molecule has 120 valence electrons. The molecular formula is C18H30ClNO. The summed E-state index contributed by atoms with van der Waals surface area (Å²) in [6.07, 6.45) is 3.32. The van der Waals surface area contributed by atoms with Crippen LogP contribution in [-0.4, -0.2) is 25.3 Å². The zero-order valence-corrected chi connectivity index (χ0v) is 14.7. The maximum atomic E-state index is 5.95. The highest BCUT2D eigenvalue weighted by atomic mass is 35.5. The minimum atomic E-state index is -0.0539. The van der Waals surface area contributed by atoms with Crippen molar-refractivity contribution in [3.8, 4) is 0 Å². The summed E-state index contributed by atoms with van der Waals surface area (Å²) in [6.45, 7) is 11.5. The molecule has 2 nitrogen and oxygen atoms in total. The lowest BCUT2D eigenvalue weighted by atomic mass is 9.96. The van der Waals surface area contributed by atoms with Crippen LogP contribution < -0.4 is 5.32 Å². The maximum Gasteiger partial charge on any atom is 0.0598 e. The topological polar surface area (TPSA) is 21.3 Å². The summed E-state index contributed by atoms with van der Waals surface area (Å²) in [7, 11) is 0. The number of ether oxygens (including phenoxy) is 1. The van der Waals surface area contributed by atoms with E-state index in [-0.39, 0.29) is 5.60 Å². The minimum Gasteiger partial charge on any atom is -0.376 e. The summed E-state index contributed by atoms with van der Waals surface area (Å²) >= 11 is 5.95. The summed E-state index contributed by atoms with van der Waals surface area (Å²) in [4.78, 5) is 0. The first kappa shape index (κ1) is 18.5. The molecule has 1 aromatic carbocycles. The Morgan fingerprint density at radius 2 is 1.86 bits per heavy atom. The lowest BCUT2D eigenvalue weighted by molar-refractivity contribution is -0.00919. The van der Waals surface area contributed by atoms with E-state index in [9.17, 15) is 0 Å². The summed E-state index contributed by atoms with van der Waals surface area (Å²) in [6, 6.07) is 8.19. The predicted molar refractivity (Wildman–Crippen MR) is 92.1 cm³/mol. The molecule has 0 aromatic heterocycles. The van der Waals surface area contributed by atoms with Gasteiger partial charge in [-0.05, 0) is 76.7 Å². The van der Waals surface area contributed by atoms with Crippen molar-refractivity contribution in [1.29, 1.82) is 0 Å². The van der Waals surface area contributed by atoms with E-state index in [0.717, 1.165) is 37.6 Å². The van der Waals surface area contributed by atoms with Gasteiger partial charge in [-0.15, -0.1) is 0 Å². The van der Waals surface area contributed by atoms with Gasteiger partial charge in [0, 0.05) is 11.6 Å². The predicted octanol–water partition coefficient (Wildman–Crippen LogP) is 4.70. The Kier molecular flexibility index (Phi) is 8.31. The highest BCUT2D eigenvalue weighted by molar-refractivity contribution is 6.30. The van der Waals surface area contributed by atoms with Crippen LogP contribution in [0.15, 0.2) is 24.3 Å². The van der Waals surface area contributed by atoms with Crippen molar-refractivity contribution in [1.82, 2.24) is 5.32 Å². The number of halogens is 1. The van der Waals surface area contributed by atoms with E-state index < -0.39 is 0 Å². The van der Waals surface area contributed by atoms with Gasteiger partial charge in [0.25, 0.3) is 0 Å². The molecule has 1 unspecified atom stereocenters. The van der Waals surface area contributed by atoms with Crippen molar-refractivity contribution in [2.75, 3.05) is 19.7 Å². The van der Waals surface area contributed by atoms with E-state index in [1.165, 1.54) is 12.0 Å². The first-order valence-electron chi connectivity index (χ1n) is 8.00. The molecule has 1 N–H and O–H groups in total. The molecule has 0 aliphatic rings. The first-order chi connectivity index (χ1) is 9.90. The van der Waals surface area contributed by atoms with Crippen LogP contribution in [0.3, 0.4) is 0 Å². The third kappa shape index (κ3) is 9.13. The van der Waals surface area contributed by atoms with Crippen molar-refractivity contribution in [3.05, 3.63) is 34.9 Å². The molecule has 1 rings (SSSR count). The van der Waals surface area contributed by atoms with Gasteiger partial charge in [-0.1, -0.05) is 30.7 Å².